The molecular weight excluding hydrogens is 272 g/mol. The van der Waals surface area contributed by atoms with Crippen molar-refractivity contribution in [3.63, 3.8) is 0 Å². The molecule has 2 aromatic rings. The molecule has 1 aromatic carbocycles. The van der Waals surface area contributed by atoms with Crippen molar-refractivity contribution >= 4 is 10.9 Å². The highest BCUT2D eigenvalue weighted by Crippen LogP contribution is 2.42. The van der Waals surface area contributed by atoms with Crippen LogP contribution in [0.1, 0.15) is 37.9 Å². The summed E-state index contributed by atoms with van der Waals surface area (Å²) in [6.45, 7) is 4.60. The second-order valence-electron chi connectivity index (χ2n) is 6.88. The van der Waals surface area contributed by atoms with E-state index in [1.165, 1.54) is 12.8 Å². The van der Waals surface area contributed by atoms with Gasteiger partial charge < -0.3 is 5.11 Å². The van der Waals surface area contributed by atoms with E-state index in [0.717, 1.165) is 47.8 Å². The molecule has 3 aliphatic heterocycles. The van der Waals surface area contributed by atoms with Gasteiger partial charge in [0.1, 0.15) is 0 Å². The molecule has 5 rings (SSSR count). The minimum absolute atomic E-state index is 0.271. The summed E-state index contributed by atoms with van der Waals surface area (Å²) in [5, 5.41) is 12.1. The van der Waals surface area contributed by atoms with Gasteiger partial charge in [-0.25, -0.2) is 0 Å². The minimum Gasteiger partial charge on any atom is -0.387 e. The molecule has 116 valence electrons. The number of piperidine rings is 3. The zero-order chi connectivity index (χ0) is 15.1. The van der Waals surface area contributed by atoms with Gasteiger partial charge in [-0.1, -0.05) is 31.5 Å². The molecule has 3 aliphatic rings. The number of aliphatic hydroxyl groups is 1. The van der Waals surface area contributed by atoms with Crippen LogP contribution in [0.2, 0.25) is 0 Å². The lowest BCUT2D eigenvalue weighted by Gasteiger charge is -2.51. The lowest BCUT2D eigenvalue weighted by Crippen LogP contribution is -2.55. The number of aliphatic hydroxyl groups excluding tert-OH is 1. The number of fused-ring (bicyclic) bond motifs is 4. The van der Waals surface area contributed by atoms with Gasteiger partial charge in [-0.05, 0) is 48.9 Å². The monoisotopic (exact) mass is 296 g/mol. The fourth-order valence-corrected chi connectivity index (χ4v) is 4.55. The molecule has 22 heavy (non-hydrogen) atoms. The lowest BCUT2D eigenvalue weighted by atomic mass is 9.72. The summed E-state index contributed by atoms with van der Waals surface area (Å²) >= 11 is 0. The van der Waals surface area contributed by atoms with Gasteiger partial charge in [0.25, 0.3) is 0 Å². The number of nitrogens with zero attached hydrogens (tertiary/aromatic N) is 2. The summed E-state index contributed by atoms with van der Waals surface area (Å²) in [6.07, 6.45) is 5.12. The normalized spacial score (nSPS) is 32.3. The van der Waals surface area contributed by atoms with Gasteiger partial charge in [0.2, 0.25) is 0 Å². The van der Waals surface area contributed by atoms with Crippen LogP contribution in [0.15, 0.2) is 36.5 Å². The van der Waals surface area contributed by atoms with Crippen molar-refractivity contribution in [3.05, 3.63) is 42.1 Å². The second kappa shape index (κ2) is 5.64. The summed E-state index contributed by atoms with van der Waals surface area (Å²) in [6, 6.07) is 10.4. The van der Waals surface area contributed by atoms with Gasteiger partial charge in [-0.2, -0.15) is 0 Å². The Morgan fingerprint density at radius 3 is 2.95 bits per heavy atom. The van der Waals surface area contributed by atoms with Gasteiger partial charge in [-0.3, -0.25) is 9.88 Å². The largest absolute Gasteiger partial charge is 0.387 e. The molecule has 3 saturated heterocycles. The molecule has 3 fully saturated rings. The predicted molar refractivity (Wildman–Crippen MR) is 88.6 cm³/mol. The Hall–Kier alpha value is -1.45. The highest BCUT2D eigenvalue weighted by atomic mass is 16.3. The molecule has 5 atom stereocenters. The van der Waals surface area contributed by atoms with Crippen LogP contribution in [0.3, 0.4) is 0 Å². The number of benzene rings is 1. The van der Waals surface area contributed by atoms with Crippen molar-refractivity contribution in [2.75, 3.05) is 13.1 Å². The minimum atomic E-state index is -0.409. The summed E-state index contributed by atoms with van der Waals surface area (Å²) in [5.74, 6) is 1.62. The third-order valence-corrected chi connectivity index (χ3v) is 5.83. The summed E-state index contributed by atoms with van der Waals surface area (Å²) < 4.78 is 0. The van der Waals surface area contributed by atoms with Gasteiger partial charge >= 0.3 is 0 Å². The average Bonchev–Trinajstić information content (AvgIpc) is 2.60. The highest BCUT2D eigenvalue weighted by Gasteiger charge is 2.42. The van der Waals surface area contributed by atoms with E-state index >= 15 is 0 Å². The van der Waals surface area contributed by atoms with E-state index in [0.29, 0.717) is 0 Å². The fourth-order valence-electron chi connectivity index (χ4n) is 4.55. The molecule has 0 amide bonds. The van der Waals surface area contributed by atoms with Crippen LogP contribution >= 0.6 is 0 Å². The molecule has 1 unspecified atom stereocenters. The molecule has 0 saturated carbocycles. The second-order valence-corrected chi connectivity index (χ2v) is 6.88. The maximum atomic E-state index is 11.1. The maximum Gasteiger partial charge on any atom is 0.0952 e. The van der Waals surface area contributed by atoms with Crippen LogP contribution in [0.5, 0.6) is 0 Å². The van der Waals surface area contributed by atoms with E-state index < -0.39 is 6.10 Å². The van der Waals surface area contributed by atoms with Crippen molar-refractivity contribution in [2.24, 2.45) is 11.8 Å². The number of hydrogen-bond acceptors (Lipinski definition) is 3. The number of hydrogen-bond donors (Lipinski definition) is 1. The standard InChI is InChI=1S/C19H24N2O/c1-2-13-12-21-10-8-14(13)11-18(21)19(22)16-7-9-20-17-6-4-3-5-15(16)17/h3-7,9,13-14,18-19,22H,2,8,10-12H2,1H3/t13-,14-,18-,19+/m1/s1. The SMILES string of the molecule is CC[C@@H]1CN2CC[C@@H]1C[C@@H]2[C@@H](O)c1ccnc2ccccc12. The molecule has 3 heteroatoms. The third-order valence-electron chi connectivity index (χ3n) is 5.83. The van der Waals surface area contributed by atoms with Crippen LogP contribution in [0, 0.1) is 11.8 Å². The zero-order valence-electron chi connectivity index (χ0n) is 13.2. The van der Waals surface area contributed by atoms with Crippen molar-refractivity contribution in [1.82, 2.24) is 9.88 Å². The number of para-hydroxylation sites is 1. The summed E-state index contributed by atoms with van der Waals surface area (Å²) in [4.78, 5) is 6.94. The van der Waals surface area contributed by atoms with Crippen molar-refractivity contribution in [2.45, 2.75) is 38.3 Å². The fraction of sp³-hybridized carbons (Fsp3) is 0.526. The quantitative estimate of drug-likeness (QED) is 0.943. The van der Waals surface area contributed by atoms with E-state index in [-0.39, 0.29) is 6.04 Å². The zero-order valence-corrected chi connectivity index (χ0v) is 13.2. The van der Waals surface area contributed by atoms with Gasteiger partial charge in [-0.15, -0.1) is 0 Å². The number of aromatic nitrogens is 1. The van der Waals surface area contributed by atoms with Crippen molar-refractivity contribution < 1.29 is 5.11 Å². The summed E-state index contributed by atoms with van der Waals surface area (Å²) in [5.41, 5.74) is 2.01. The van der Waals surface area contributed by atoms with Crippen LogP contribution < -0.4 is 0 Å². The molecule has 1 aromatic heterocycles. The Bertz CT molecular complexity index is 666. The van der Waals surface area contributed by atoms with Crippen molar-refractivity contribution in [3.8, 4) is 0 Å². The number of rotatable bonds is 3. The maximum absolute atomic E-state index is 11.1. The first-order valence-electron chi connectivity index (χ1n) is 8.53. The molecule has 0 spiro atoms. The third kappa shape index (κ3) is 2.24. The first-order valence-corrected chi connectivity index (χ1v) is 8.53. The Labute approximate surface area is 132 Å². The van der Waals surface area contributed by atoms with E-state index in [1.807, 2.05) is 30.5 Å². The van der Waals surface area contributed by atoms with Crippen LogP contribution in [-0.2, 0) is 0 Å². The van der Waals surface area contributed by atoms with E-state index in [9.17, 15) is 5.11 Å². The Kier molecular flexibility index (Phi) is 3.63. The topological polar surface area (TPSA) is 36.4 Å². The van der Waals surface area contributed by atoms with Gasteiger partial charge in [0.15, 0.2) is 0 Å². The lowest BCUT2D eigenvalue weighted by molar-refractivity contribution is -0.0562. The van der Waals surface area contributed by atoms with E-state index in [2.05, 4.69) is 22.9 Å². The first-order chi connectivity index (χ1) is 10.8. The van der Waals surface area contributed by atoms with Crippen LogP contribution in [-0.4, -0.2) is 34.1 Å². The highest BCUT2D eigenvalue weighted by molar-refractivity contribution is 5.82. The molecule has 0 radical (unpaired) electrons. The molecule has 3 nitrogen and oxygen atoms in total. The van der Waals surface area contributed by atoms with Gasteiger partial charge in [0, 0.05) is 24.2 Å². The van der Waals surface area contributed by atoms with E-state index in [4.69, 9.17) is 0 Å². The van der Waals surface area contributed by atoms with E-state index in [1.54, 1.807) is 0 Å². The Balaban J connectivity index is 1.66. The average molecular weight is 296 g/mol. The number of pyridine rings is 1. The van der Waals surface area contributed by atoms with Crippen molar-refractivity contribution in [1.29, 1.82) is 0 Å². The molecule has 0 aliphatic carbocycles. The van der Waals surface area contributed by atoms with Crippen LogP contribution in [0.4, 0.5) is 0 Å². The Morgan fingerprint density at radius 1 is 1.32 bits per heavy atom. The van der Waals surface area contributed by atoms with Crippen LogP contribution in [0.25, 0.3) is 10.9 Å². The molecule has 2 bridgehead atoms. The molecular formula is C19H24N2O. The molecule has 1 N–H and O–H groups in total. The molecule has 4 heterocycles. The summed E-state index contributed by atoms with van der Waals surface area (Å²) in [7, 11) is 0. The van der Waals surface area contributed by atoms with Gasteiger partial charge in [0.05, 0.1) is 11.6 Å². The Morgan fingerprint density at radius 2 is 2.18 bits per heavy atom. The first kappa shape index (κ1) is 14.2. The predicted octanol–water partition coefficient (Wildman–Crippen LogP) is 3.39. The smallest absolute Gasteiger partial charge is 0.0952 e.